The molecule has 2 aromatic rings. The Hall–Kier alpha value is -3.43. The Balaban J connectivity index is 1.81. The first-order valence-corrected chi connectivity index (χ1v) is 20.2. The number of likely N-dealkylation sites (tertiary alicyclic amines) is 1. The molecule has 2 heterocycles. The first-order valence-electron chi connectivity index (χ1n) is 19.4. The summed E-state index contributed by atoms with van der Waals surface area (Å²) < 4.78 is 12.0. The monoisotopic (exact) mass is 786 g/mol. The number of aliphatic hydroxyl groups is 1. The Morgan fingerprint density at radius 3 is 2.22 bits per heavy atom. The number of rotatable bonds is 20. The van der Waals surface area contributed by atoms with Gasteiger partial charge in [0.15, 0.2) is 0 Å². The van der Waals surface area contributed by atoms with Crippen molar-refractivity contribution in [3.8, 4) is 0 Å². The number of aromatic nitrogens is 1. The van der Waals surface area contributed by atoms with Crippen molar-refractivity contribution < 1.29 is 33.8 Å². The number of ether oxygens (including phenoxy) is 2. The Kier molecular flexibility index (Phi) is 16.8. The predicted molar refractivity (Wildman–Crippen MR) is 215 cm³/mol. The van der Waals surface area contributed by atoms with Crippen molar-refractivity contribution in [2.75, 3.05) is 41.9 Å². The van der Waals surface area contributed by atoms with Gasteiger partial charge < -0.3 is 35.0 Å². The van der Waals surface area contributed by atoms with Gasteiger partial charge in [0.2, 0.25) is 23.6 Å². The minimum Gasteiger partial charge on any atom is -0.388 e. The molecular formula is C41H66N6O7S. The molecule has 1 aliphatic rings. The van der Waals surface area contributed by atoms with Gasteiger partial charge in [0.05, 0.1) is 53.8 Å². The number of hydrogen-bond donors (Lipinski definition) is 3. The van der Waals surface area contributed by atoms with Gasteiger partial charge in [-0.1, -0.05) is 57.5 Å². The summed E-state index contributed by atoms with van der Waals surface area (Å²) in [6.45, 7) is 12.8. The van der Waals surface area contributed by atoms with Crippen molar-refractivity contribution in [2.24, 2.45) is 11.8 Å². The van der Waals surface area contributed by atoms with E-state index in [1.807, 2.05) is 56.5 Å². The second kappa shape index (κ2) is 20.1. The van der Waals surface area contributed by atoms with E-state index in [0.717, 1.165) is 17.0 Å². The van der Waals surface area contributed by atoms with Gasteiger partial charge in [-0.2, -0.15) is 0 Å². The third-order valence-electron chi connectivity index (χ3n) is 11.5. The summed E-state index contributed by atoms with van der Waals surface area (Å²) in [7, 11) is 8.28. The fourth-order valence-corrected chi connectivity index (χ4v) is 8.01. The number of thiazole rings is 1. The number of likely N-dealkylation sites (N-methyl/N-ethyl adjacent to an activating group) is 2. The summed E-state index contributed by atoms with van der Waals surface area (Å²) >= 11 is 1.49. The zero-order valence-corrected chi connectivity index (χ0v) is 35.8. The van der Waals surface area contributed by atoms with Crippen LogP contribution < -0.4 is 10.6 Å². The molecule has 13 nitrogen and oxygen atoms in total. The van der Waals surface area contributed by atoms with Crippen molar-refractivity contribution in [1.29, 1.82) is 0 Å². The highest BCUT2D eigenvalue weighted by Gasteiger charge is 2.45. The second-order valence-corrected chi connectivity index (χ2v) is 17.2. The van der Waals surface area contributed by atoms with Gasteiger partial charge in [-0.05, 0) is 72.5 Å². The SMILES string of the molecule is CC[C@H](C)[C@@H]([C@@H](CC(=O)N1CCC[C@H]1[C@H](OC)[C@@H](C)C(=O)N[C@@H](Cc1ccccc1)c1nccs1)OC)N(C)C(=O)[C@@H](NC(=O)C(C)(C)N(C)C)C(C)(C)O. The third kappa shape index (κ3) is 11.6. The van der Waals surface area contributed by atoms with Crippen LogP contribution in [-0.4, -0.2) is 132 Å². The normalized spacial score (nSPS) is 18.9. The van der Waals surface area contributed by atoms with E-state index in [4.69, 9.17) is 9.47 Å². The Bertz CT molecular complexity index is 1530. The fraction of sp³-hybridized carbons (Fsp3) is 0.683. The molecular weight excluding hydrogens is 721 g/mol. The molecule has 8 atom stereocenters. The molecule has 3 rings (SSSR count). The maximum Gasteiger partial charge on any atom is 0.248 e. The van der Waals surface area contributed by atoms with E-state index >= 15 is 0 Å². The lowest BCUT2D eigenvalue weighted by atomic mass is 9.88. The Morgan fingerprint density at radius 2 is 1.69 bits per heavy atom. The molecule has 3 N–H and O–H groups in total. The van der Waals surface area contributed by atoms with Crippen molar-refractivity contribution in [3.63, 3.8) is 0 Å². The lowest BCUT2D eigenvalue weighted by Gasteiger charge is -2.42. The van der Waals surface area contributed by atoms with Gasteiger partial charge in [0, 0.05) is 39.4 Å². The lowest BCUT2D eigenvalue weighted by Crippen LogP contribution is -2.65. The van der Waals surface area contributed by atoms with Crippen molar-refractivity contribution in [2.45, 2.75) is 128 Å². The number of carbonyl (C=O) groups excluding carboxylic acids is 4. The summed E-state index contributed by atoms with van der Waals surface area (Å²) in [5, 5.41) is 19.9. The quantitative estimate of drug-likeness (QED) is 0.181. The zero-order valence-electron chi connectivity index (χ0n) is 35.0. The van der Waals surface area contributed by atoms with Crippen molar-refractivity contribution in [1.82, 2.24) is 30.3 Å². The minimum absolute atomic E-state index is 0.0208. The number of amides is 4. The van der Waals surface area contributed by atoms with Crippen LogP contribution in [-0.2, 0) is 35.1 Å². The molecule has 1 saturated heterocycles. The Morgan fingerprint density at radius 1 is 1.04 bits per heavy atom. The molecule has 308 valence electrons. The van der Waals surface area contributed by atoms with Crippen LogP contribution in [0.25, 0.3) is 0 Å². The van der Waals surface area contributed by atoms with Crippen LogP contribution in [0.4, 0.5) is 0 Å². The van der Waals surface area contributed by atoms with Crippen LogP contribution in [0, 0.1) is 11.8 Å². The molecule has 0 spiro atoms. The van der Waals surface area contributed by atoms with E-state index in [1.165, 1.54) is 37.2 Å². The molecule has 0 radical (unpaired) electrons. The maximum absolute atomic E-state index is 14.3. The topological polar surface area (TPSA) is 154 Å². The molecule has 1 aliphatic heterocycles. The standard InChI is InChI=1S/C41H66N6O7S/c1-13-26(2)33(46(10)38(50)35(41(6,7)52)44-39(51)40(4,5)45(8)9)31(53-11)25-32(48)47-22-17-20-30(47)34(54-12)27(3)36(49)43-29(37-42-21-23-55-37)24-28-18-15-14-16-19-28/h14-16,18-19,21,23,26-27,29-31,33-35,52H,13,17,20,22,24-25H2,1-12H3,(H,43,49)(H,44,51)/t26-,27+,29-,30-,31+,33-,34+,35+/m0/s1. The van der Waals surface area contributed by atoms with Gasteiger partial charge in [-0.3, -0.25) is 24.1 Å². The molecule has 1 aromatic carbocycles. The first-order chi connectivity index (χ1) is 25.8. The second-order valence-electron chi connectivity index (χ2n) is 16.2. The number of carbonyl (C=O) groups is 4. The smallest absolute Gasteiger partial charge is 0.248 e. The number of nitrogens with one attached hydrogen (secondary N) is 2. The fourth-order valence-electron chi connectivity index (χ4n) is 7.32. The summed E-state index contributed by atoms with van der Waals surface area (Å²) in [6.07, 6.45) is 3.13. The van der Waals surface area contributed by atoms with Crippen LogP contribution in [0.2, 0.25) is 0 Å². The summed E-state index contributed by atoms with van der Waals surface area (Å²) in [4.78, 5) is 65.3. The zero-order chi connectivity index (χ0) is 41.2. The van der Waals surface area contributed by atoms with Gasteiger partial charge >= 0.3 is 0 Å². The molecule has 0 saturated carbocycles. The third-order valence-corrected chi connectivity index (χ3v) is 12.4. The molecule has 55 heavy (non-hydrogen) atoms. The van der Waals surface area contributed by atoms with Crippen LogP contribution in [0.15, 0.2) is 41.9 Å². The molecule has 0 unspecified atom stereocenters. The molecule has 1 fully saturated rings. The van der Waals surface area contributed by atoms with E-state index in [0.29, 0.717) is 25.8 Å². The van der Waals surface area contributed by atoms with E-state index in [2.05, 4.69) is 15.6 Å². The van der Waals surface area contributed by atoms with Crippen LogP contribution in [0.3, 0.4) is 0 Å². The number of methoxy groups -OCH3 is 2. The van der Waals surface area contributed by atoms with Crippen molar-refractivity contribution >= 4 is 35.0 Å². The molecule has 0 bridgehead atoms. The highest BCUT2D eigenvalue weighted by Crippen LogP contribution is 2.31. The highest BCUT2D eigenvalue weighted by molar-refractivity contribution is 7.09. The van der Waals surface area contributed by atoms with E-state index in [-0.39, 0.29) is 36.2 Å². The van der Waals surface area contributed by atoms with Crippen LogP contribution >= 0.6 is 11.3 Å². The van der Waals surface area contributed by atoms with Gasteiger partial charge in [0.25, 0.3) is 0 Å². The predicted octanol–water partition coefficient (Wildman–Crippen LogP) is 4.06. The van der Waals surface area contributed by atoms with Crippen LogP contribution in [0.5, 0.6) is 0 Å². The molecule has 4 amide bonds. The van der Waals surface area contributed by atoms with E-state index in [9.17, 15) is 24.3 Å². The summed E-state index contributed by atoms with van der Waals surface area (Å²) in [5.74, 6) is -1.93. The molecule has 1 aromatic heterocycles. The Labute approximate surface area is 332 Å². The van der Waals surface area contributed by atoms with Gasteiger partial charge in [-0.15, -0.1) is 11.3 Å². The van der Waals surface area contributed by atoms with E-state index < -0.39 is 53.2 Å². The lowest BCUT2D eigenvalue weighted by molar-refractivity contribution is -0.152. The average molecular weight is 787 g/mol. The summed E-state index contributed by atoms with van der Waals surface area (Å²) in [5.41, 5.74) is -1.46. The molecule has 14 heteroatoms. The average Bonchev–Trinajstić information content (AvgIpc) is 3.86. The first kappa shape index (κ1) is 46.0. The number of benzene rings is 1. The molecule has 0 aliphatic carbocycles. The van der Waals surface area contributed by atoms with Crippen molar-refractivity contribution in [3.05, 3.63) is 52.5 Å². The van der Waals surface area contributed by atoms with Gasteiger partial charge in [0.1, 0.15) is 11.0 Å². The highest BCUT2D eigenvalue weighted by atomic mass is 32.1. The maximum atomic E-state index is 14.3. The van der Waals surface area contributed by atoms with Gasteiger partial charge in [-0.25, -0.2) is 4.98 Å². The minimum atomic E-state index is -1.59. The summed E-state index contributed by atoms with van der Waals surface area (Å²) in [6, 6.07) is 7.47. The largest absolute Gasteiger partial charge is 0.388 e. The van der Waals surface area contributed by atoms with Crippen LogP contribution in [0.1, 0.15) is 90.8 Å². The number of nitrogens with zero attached hydrogens (tertiary/aromatic N) is 4. The number of hydrogen-bond acceptors (Lipinski definition) is 10. The van der Waals surface area contributed by atoms with E-state index in [1.54, 1.807) is 58.1 Å².